The molecule has 2 N–H and O–H groups in total. The van der Waals surface area contributed by atoms with Crippen LogP contribution in [-0.2, 0) is 6.18 Å². The molecule has 0 aliphatic carbocycles. The van der Waals surface area contributed by atoms with Gasteiger partial charge in [-0.3, -0.25) is 4.79 Å². The highest BCUT2D eigenvalue weighted by molar-refractivity contribution is 5.85. The van der Waals surface area contributed by atoms with Crippen LogP contribution in [0.2, 0.25) is 0 Å². The monoisotopic (exact) mass is 342 g/mol. The average molecular weight is 342 g/mol. The molecule has 0 spiro atoms. The largest absolute Gasteiger partial charge is 0.417 e. The zero-order chi connectivity index (χ0) is 18.5. The van der Waals surface area contributed by atoms with E-state index in [0.29, 0.717) is 11.8 Å². The van der Waals surface area contributed by atoms with Gasteiger partial charge in [0, 0.05) is 22.7 Å². The predicted molar refractivity (Wildman–Crippen MR) is 93.5 cm³/mol. The molecule has 0 aliphatic rings. The van der Waals surface area contributed by atoms with E-state index in [1.165, 1.54) is 6.07 Å². The van der Waals surface area contributed by atoms with Crippen LogP contribution in [0.4, 0.5) is 18.9 Å². The molecule has 2 aromatic rings. The number of hydrogen-bond acceptors (Lipinski definition) is 2. The first kappa shape index (κ1) is 20.1. The highest BCUT2D eigenvalue weighted by Crippen LogP contribution is 2.34. The van der Waals surface area contributed by atoms with Gasteiger partial charge in [0.15, 0.2) is 0 Å². The Morgan fingerprint density at radius 3 is 2.17 bits per heavy atom. The normalized spacial score (nSPS) is 11.8. The molecule has 24 heavy (non-hydrogen) atoms. The summed E-state index contributed by atoms with van der Waals surface area (Å²) < 4.78 is 39.0. The molecule has 1 aromatic heterocycles. The average Bonchev–Trinajstić information content (AvgIpc) is 2.54. The van der Waals surface area contributed by atoms with Gasteiger partial charge in [-0.15, -0.1) is 0 Å². The van der Waals surface area contributed by atoms with Gasteiger partial charge in [-0.1, -0.05) is 33.8 Å². The molecule has 0 radical (unpaired) electrons. The summed E-state index contributed by atoms with van der Waals surface area (Å²) in [6.07, 6.45) is -2.80. The Balaban J connectivity index is 0.00000139. The standard InChI is InChI=1S/C16H19F3N2O.C2H6/c1-4-15(3,5-2)21-10-6-7-11-12(16(17,18)19)9-14(22)20-13(11)8-10;1-2/h6-9,21H,4-5H2,1-3H3,(H,20,22);1-2H3. The summed E-state index contributed by atoms with van der Waals surface area (Å²) in [5, 5.41) is 3.31. The number of alkyl halides is 3. The van der Waals surface area contributed by atoms with Crippen molar-refractivity contribution in [2.45, 2.75) is 59.2 Å². The fourth-order valence-corrected chi connectivity index (χ4v) is 2.35. The number of fused-ring (bicyclic) bond motifs is 1. The zero-order valence-corrected chi connectivity index (χ0v) is 14.8. The van der Waals surface area contributed by atoms with E-state index in [1.807, 2.05) is 34.6 Å². The summed E-state index contributed by atoms with van der Waals surface area (Å²) in [7, 11) is 0. The van der Waals surface area contributed by atoms with E-state index in [2.05, 4.69) is 10.3 Å². The lowest BCUT2D eigenvalue weighted by atomic mass is 9.95. The van der Waals surface area contributed by atoms with E-state index >= 15 is 0 Å². The van der Waals surface area contributed by atoms with Crippen molar-refractivity contribution >= 4 is 16.6 Å². The first-order chi connectivity index (χ1) is 11.2. The minimum absolute atomic E-state index is 0.00708. The summed E-state index contributed by atoms with van der Waals surface area (Å²) in [5.41, 5.74) is -0.944. The molecular weight excluding hydrogens is 317 g/mol. The molecule has 0 saturated heterocycles. The summed E-state index contributed by atoms with van der Waals surface area (Å²) >= 11 is 0. The third-order valence-electron chi connectivity index (χ3n) is 4.16. The van der Waals surface area contributed by atoms with Gasteiger partial charge in [-0.05, 0) is 31.9 Å². The topological polar surface area (TPSA) is 44.9 Å². The molecule has 0 fully saturated rings. The highest BCUT2D eigenvalue weighted by atomic mass is 19.4. The maximum absolute atomic E-state index is 13.0. The molecular formula is C18H25F3N2O. The molecule has 0 atom stereocenters. The summed E-state index contributed by atoms with van der Waals surface area (Å²) in [5.74, 6) is 0. The summed E-state index contributed by atoms with van der Waals surface area (Å²) in [4.78, 5) is 14.0. The highest BCUT2D eigenvalue weighted by Gasteiger charge is 2.33. The van der Waals surface area contributed by atoms with Crippen LogP contribution in [-0.4, -0.2) is 10.5 Å². The van der Waals surface area contributed by atoms with E-state index in [9.17, 15) is 18.0 Å². The number of aromatic amines is 1. The van der Waals surface area contributed by atoms with Gasteiger partial charge in [0.25, 0.3) is 0 Å². The fourth-order valence-electron chi connectivity index (χ4n) is 2.35. The number of aromatic nitrogens is 1. The second-order valence-corrected chi connectivity index (χ2v) is 5.70. The molecule has 0 saturated carbocycles. The van der Waals surface area contributed by atoms with Crippen molar-refractivity contribution < 1.29 is 13.2 Å². The smallest absolute Gasteiger partial charge is 0.380 e. The van der Waals surface area contributed by atoms with Gasteiger partial charge >= 0.3 is 6.18 Å². The molecule has 0 amide bonds. The van der Waals surface area contributed by atoms with Crippen molar-refractivity contribution in [1.29, 1.82) is 0 Å². The lowest BCUT2D eigenvalue weighted by molar-refractivity contribution is -0.136. The Morgan fingerprint density at radius 1 is 1.08 bits per heavy atom. The molecule has 3 nitrogen and oxygen atoms in total. The van der Waals surface area contributed by atoms with E-state index in [0.717, 1.165) is 12.8 Å². The number of rotatable bonds is 4. The van der Waals surface area contributed by atoms with E-state index < -0.39 is 17.3 Å². The molecule has 0 bridgehead atoms. The molecule has 2 rings (SSSR count). The van der Waals surface area contributed by atoms with E-state index in [-0.39, 0.29) is 16.4 Å². The van der Waals surface area contributed by atoms with Crippen LogP contribution >= 0.6 is 0 Å². The van der Waals surface area contributed by atoms with Crippen molar-refractivity contribution in [3.05, 3.63) is 40.2 Å². The Hall–Kier alpha value is -1.98. The van der Waals surface area contributed by atoms with Crippen LogP contribution in [0.15, 0.2) is 29.1 Å². The lowest BCUT2D eigenvalue weighted by Gasteiger charge is -2.29. The SMILES string of the molecule is CC.CCC(C)(CC)Nc1ccc2c(C(F)(F)F)cc(=O)[nH]c2c1. The van der Waals surface area contributed by atoms with Crippen molar-refractivity contribution in [1.82, 2.24) is 4.98 Å². The quantitative estimate of drug-likeness (QED) is 0.763. The number of H-pyrrole nitrogens is 1. The number of hydrogen-bond donors (Lipinski definition) is 2. The summed E-state index contributed by atoms with van der Waals surface area (Å²) in [6.45, 7) is 10.1. The number of halogens is 3. The number of benzene rings is 1. The lowest BCUT2D eigenvalue weighted by Crippen LogP contribution is -2.32. The van der Waals surface area contributed by atoms with Crippen LogP contribution in [0.5, 0.6) is 0 Å². The predicted octanol–water partition coefficient (Wildman–Crippen LogP) is 5.56. The van der Waals surface area contributed by atoms with Crippen LogP contribution in [0.25, 0.3) is 10.9 Å². The third-order valence-corrected chi connectivity index (χ3v) is 4.16. The van der Waals surface area contributed by atoms with Crippen LogP contribution in [0, 0.1) is 0 Å². The van der Waals surface area contributed by atoms with Crippen molar-refractivity contribution in [2.75, 3.05) is 5.32 Å². The van der Waals surface area contributed by atoms with Gasteiger partial charge in [0.1, 0.15) is 0 Å². The molecule has 0 unspecified atom stereocenters. The van der Waals surface area contributed by atoms with Gasteiger partial charge < -0.3 is 10.3 Å². The minimum atomic E-state index is -4.55. The molecule has 1 aromatic carbocycles. The minimum Gasteiger partial charge on any atom is -0.380 e. The molecule has 1 heterocycles. The summed E-state index contributed by atoms with van der Waals surface area (Å²) in [6, 6.07) is 5.15. The van der Waals surface area contributed by atoms with Gasteiger partial charge in [-0.2, -0.15) is 13.2 Å². The maximum atomic E-state index is 13.0. The molecule has 134 valence electrons. The third kappa shape index (κ3) is 4.52. The molecule has 6 heteroatoms. The first-order valence-electron chi connectivity index (χ1n) is 8.21. The fraction of sp³-hybridized carbons (Fsp3) is 0.500. The van der Waals surface area contributed by atoms with Gasteiger partial charge in [0.2, 0.25) is 5.56 Å². The Labute approximate surface area is 140 Å². The Kier molecular flexibility index (Phi) is 6.46. The second kappa shape index (κ2) is 7.73. The Morgan fingerprint density at radius 2 is 1.67 bits per heavy atom. The van der Waals surface area contributed by atoms with E-state index in [1.54, 1.807) is 12.1 Å². The second-order valence-electron chi connectivity index (χ2n) is 5.70. The Bertz CT molecular complexity index is 731. The number of nitrogens with one attached hydrogen (secondary N) is 2. The van der Waals surface area contributed by atoms with Crippen LogP contribution < -0.4 is 10.9 Å². The van der Waals surface area contributed by atoms with E-state index in [4.69, 9.17) is 0 Å². The van der Waals surface area contributed by atoms with Gasteiger partial charge in [0.05, 0.1) is 11.1 Å². The van der Waals surface area contributed by atoms with Gasteiger partial charge in [-0.25, -0.2) is 0 Å². The van der Waals surface area contributed by atoms with Crippen LogP contribution in [0.1, 0.15) is 53.0 Å². The zero-order valence-electron chi connectivity index (χ0n) is 14.8. The first-order valence-corrected chi connectivity index (χ1v) is 8.21. The number of pyridine rings is 1. The molecule has 0 aliphatic heterocycles. The van der Waals surface area contributed by atoms with Crippen LogP contribution in [0.3, 0.4) is 0 Å². The number of anilines is 1. The maximum Gasteiger partial charge on any atom is 0.417 e. The van der Waals surface area contributed by atoms with Crippen molar-refractivity contribution in [3.8, 4) is 0 Å². The van der Waals surface area contributed by atoms with Crippen molar-refractivity contribution in [3.63, 3.8) is 0 Å². The van der Waals surface area contributed by atoms with Crippen molar-refractivity contribution in [2.24, 2.45) is 0 Å².